The van der Waals surface area contributed by atoms with E-state index in [1.54, 1.807) is 0 Å². The van der Waals surface area contributed by atoms with Gasteiger partial charge < -0.3 is 9.47 Å². The van der Waals surface area contributed by atoms with Crippen molar-refractivity contribution in [2.75, 3.05) is 13.2 Å². The van der Waals surface area contributed by atoms with E-state index in [0.717, 1.165) is 22.9 Å². The van der Waals surface area contributed by atoms with Crippen LogP contribution in [-0.4, -0.2) is 19.2 Å². The summed E-state index contributed by atoms with van der Waals surface area (Å²) in [5, 5.41) is 0. The lowest BCUT2D eigenvalue weighted by molar-refractivity contribution is 0.293. The number of rotatable bonds is 0. The number of ether oxygens (including phenoxy) is 2. The predicted molar refractivity (Wildman–Crippen MR) is 116 cm³/mol. The van der Waals surface area contributed by atoms with Gasteiger partial charge >= 0.3 is 0 Å². The maximum Gasteiger partial charge on any atom is 0.121 e. The topological polar surface area (TPSA) is 43.2 Å². The molecule has 3 aromatic rings. The minimum Gasteiger partial charge on any atom is -0.493 e. The number of aliphatic imine (C=N–C) groups is 2. The molecule has 1 aliphatic heterocycles. The first kappa shape index (κ1) is 19.0. The summed E-state index contributed by atoms with van der Waals surface area (Å²) in [4.78, 5) is 8.61. The maximum atomic E-state index is 6.02. The molecule has 1 heterocycles. The van der Waals surface area contributed by atoms with Crippen LogP contribution in [0.4, 0.5) is 11.4 Å². The fourth-order valence-electron chi connectivity index (χ4n) is 3.23. The molecule has 2 atom stereocenters. The molecular formula is C25H24N2O2. The van der Waals surface area contributed by atoms with E-state index in [9.17, 15) is 0 Å². The van der Waals surface area contributed by atoms with Crippen LogP contribution in [-0.2, 0) is 0 Å². The second-order valence-corrected chi connectivity index (χ2v) is 7.41. The zero-order valence-electron chi connectivity index (χ0n) is 16.7. The summed E-state index contributed by atoms with van der Waals surface area (Å²) in [6.07, 6.45) is 0. The van der Waals surface area contributed by atoms with E-state index >= 15 is 0 Å². The maximum absolute atomic E-state index is 6.02. The average molecular weight is 384 g/mol. The van der Waals surface area contributed by atoms with Crippen molar-refractivity contribution in [3.8, 4) is 11.5 Å². The second-order valence-electron chi connectivity index (χ2n) is 7.41. The molecular weight excluding hydrogens is 360 g/mol. The lowest BCUT2D eigenvalue weighted by atomic mass is 9.95. The number of benzene rings is 3. The van der Waals surface area contributed by atoms with Crippen LogP contribution in [0.25, 0.3) is 0 Å². The van der Waals surface area contributed by atoms with Gasteiger partial charge in [-0.1, -0.05) is 50.2 Å². The molecule has 4 heteroatoms. The van der Waals surface area contributed by atoms with E-state index in [1.165, 1.54) is 11.1 Å². The molecule has 2 unspecified atom stereocenters. The molecule has 0 spiro atoms. The predicted octanol–water partition coefficient (Wildman–Crippen LogP) is 6.50. The van der Waals surface area contributed by atoms with Crippen molar-refractivity contribution in [2.45, 2.75) is 25.7 Å². The van der Waals surface area contributed by atoms with E-state index in [1.807, 2.05) is 48.5 Å². The van der Waals surface area contributed by atoms with Gasteiger partial charge in [0.15, 0.2) is 0 Å². The third kappa shape index (κ3) is 4.92. The highest BCUT2D eigenvalue weighted by Gasteiger charge is 2.12. The van der Waals surface area contributed by atoms with Crippen LogP contribution >= 0.6 is 0 Å². The van der Waals surface area contributed by atoms with Crippen molar-refractivity contribution >= 4 is 17.4 Å². The van der Waals surface area contributed by atoms with Gasteiger partial charge in [-0.25, -0.2) is 0 Å². The quantitative estimate of drug-likeness (QED) is 0.444. The highest BCUT2D eigenvalue weighted by Crippen LogP contribution is 2.26. The Kier molecular flexibility index (Phi) is 5.73. The van der Waals surface area contributed by atoms with Crippen LogP contribution in [0, 0.1) is 0 Å². The zero-order valence-corrected chi connectivity index (χ0v) is 16.7. The monoisotopic (exact) mass is 384 g/mol. The van der Waals surface area contributed by atoms with Crippen molar-refractivity contribution in [1.29, 1.82) is 0 Å². The van der Waals surface area contributed by atoms with E-state index in [4.69, 9.17) is 9.47 Å². The number of fused-ring (bicyclic) bond motifs is 6. The minimum atomic E-state index is 0.271. The lowest BCUT2D eigenvalue weighted by Gasteiger charge is -2.18. The van der Waals surface area contributed by atoms with Gasteiger partial charge in [-0.3, -0.25) is 0 Å². The van der Waals surface area contributed by atoms with E-state index in [-0.39, 0.29) is 11.8 Å². The molecule has 4 nitrogen and oxygen atoms in total. The molecule has 0 saturated carbocycles. The van der Waals surface area contributed by atoms with Crippen molar-refractivity contribution in [3.63, 3.8) is 0 Å². The van der Waals surface area contributed by atoms with Crippen molar-refractivity contribution in [1.82, 2.24) is 0 Å². The fraction of sp³-hybridized carbons (Fsp3) is 0.240. The average Bonchev–Trinajstić information content (AvgIpc) is 2.76. The summed E-state index contributed by atoms with van der Waals surface area (Å²) in [5.41, 5.74) is 4.03. The van der Waals surface area contributed by atoms with Crippen molar-refractivity contribution in [2.24, 2.45) is 9.98 Å². The number of nitrogens with zero attached hydrogens (tertiary/aromatic N) is 2. The molecule has 0 aromatic heterocycles. The Labute approximate surface area is 171 Å². The smallest absolute Gasteiger partial charge is 0.121 e. The van der Waals surface area contributed by atoms with Gasteiger partial charge in [0.05, 0.1) is 24.6 Å². The molecule has 0 radical (unpaired) electrons. The Hall–Kier alpha value is -3.36. The van der Waals surface area contributed by atoms with Gasteiger partial charge in [0.25, 0.3) is 0 Å². The first-order valence-electron chi connectivity index (χ1n) is 9.89. The van der Waals surface area contributed by atoms with Gasteiger partial charge in [-0.2, -0.15) is 9.98 Å². The zero-order chi connectivity index (χ0) is 20.1. The summed E-state index contributed by atoms with van der Waals surface area (Å²) in [6, 6.07) is 26.8. The summed E-state index contributed by atoms with van der Waals surface area (Å²) >= 11 is 0. The Bertz CT molecular complexity index is 977. The second kappa shape index (κ2) is 8.76. The van der Waals surface area contributed by atoms with Gasteiger partial charge in [-0.05, 0) is 35.4 Å². The minimum absolute atomic E-state index is 0.271. The molecule has 3 aromatic carbocycles. The number of hydrogen-bond acceptors (Lipinski definition) is 4. The van der Waals surface area contributed by atoms with Gasteiger partial charge in [0.1, 0.15) is 17.5 Å². The third-order valence-electron chi connectivity index (χ3n) is 5.04. The first-order valence-corrected chi connectivity index (χ1v) is 9.89. The van der Waals surface area contributed by atoms with Gasteiger partial charge in [-0.15, -0.1) is 0 Å². The standard InChI is InChI=1S/C25H24N2O2/c1-18-15-28-24-10-4-8-22(13-24)26-17-27-23-9-5-11-25(14-23)29-16-19(2)21-7-3-6-20(18)12-21/h3-14,18-19H,15-16H2,1-2H3. The molecule has 0 fully saturated rings. The third-order valence-corrected chi connectivity index (χ3v) is 5.04. The number of hydrogen-bond donors (Lipinski definition) is 0. The van der Waals surface area contributed by atoms with Crippen LogP contribution in [0.15, 0.2) is 82.8 Å². The first-order chi connectivity index (χ1) is 14.2. The van der Waals surface area contributed by atoms with Crippen molar-refractivity contribution < 1.29 is 9.47 Å². The molecule has 0 amide bonds. The van der Waals surface area contributed by atoms with E-state index in [0.29, 0.717) is 13.2 Å². The molecule has 29 heavy (non-hydrogen) atoms. The van der Waals surface area contributed by atoms with E-state index < -0.39 is 0 Å². The Morgan fingerprint density at radius 2 is 1.17 bits per heavy atom. The van der Waals surface area contributed by atoms with Gasteiger partial charge in [0.2, 0.25) is 0 Å². The van der Waals surface area contributed by atoms with Crippen LogP contribution in [0.2, 0.25) is 0 Å². The fourth-order valence-corrected chi connectivity index (χ4v) is 3.23. The largest absolute Gasteiger partial charge is 0.493 e. The molecule has 1 aliphatic rings. The van der Waals surface area contributed by atoms with Crippen molar-refractivity contribution in [3.05, 3.63) is 83.9 Å². The summed E-state index contributed by atoms with van der Waals surface area (Å²) in [7, 11) is 0. The molecule has 6 bridgehead atoms. The van der Waals surface area contributed by atoms with E-state index in [2.05, 4.69) is 54.1 Å². The summed E-state index contributed by atoms with van der Waals surface area (Å²) in [5.74, 6) is 2.13. The van der Waals surface area contributed by atoms with Crippen LogP contribution in [0.5, 0.6) is 11.5 Å². The molecule has 0 saturated heterocycles. The van der Waals surface area contributed by atoms with Crippen LogP contribution in [0.1, 0.15) is 36.8 Å². The molecule has 0 aliphatic carbocycles. The molecule has 146 valence electrons. The van der Waals surface area contributed by atoms with Crippen LogP contribution in [0.3, 0.4) is 0 Å². The highest BCUT2D eigenvalue weighted by molar-refractivity contribution is 5.59. The van der Waals surface area contributed by atoms with Crippen LogP contribution < -0.4 is 9.47 Å². The Morgan fingerprint density at radius 1 is 0.690 bits per heavy atom. The normalized spacial score (nSPS) is 18.8. The van der Waals surface area contributed by atoms with Gasteiger partial charge in [0, 0.05) is 24.0 Å². The highest BCUT2D eigenvalue weighted by atomic mass is 16.5. The summed E-state index contributed by atoms with van der Waals surface area (Å²) in [6.45, 7) is 5.55. The Balaban J connectivity index is 1.69. The summed E-state index contributed by atoms with van der Waals surface area (Å²) < 4.78 is 12.0. The molecule has 0 N–H and O–H groups in total. The lowest BCUT2D eigenvalue weighted by Crippen LogP contribution is -2.10. The molecule has 4 rings (SSSR count). The SMILES string of the molecule is CC1COc2cccc(c2)N=C=Nc2cccc(c2)OCC(C)c2cccc1c2. The Morgan fingerprint density at radius 3 is 1.69 bits per heavy atom.